The molecule has 2 aromatic heterocycles. The molecule has 1 saturated heterocycles. The number of aryl methyl sites for hydroxylation is 1. The third-order valence-electron chi connectivity index (χ3n) is 7.81. The zero-order valence-corrected chi connectivity index (χ0v) is 23.0. The lowest BCUT2D eigenvalue weighted by Gasteiger charge is -2.35. The van der Waals surface area contributed by atoms with Crippen LogP contribution in [0.2, 0.25) is 0 Å². The van der Waals surface area contributed by atoms with Crippen molar-refractivity contribution in [3.05, 3.63) is 72.1 Å². The number of furan rings is 1. The van der Waals surface area contributed by atoms with Gasteiger partial charge in [0.2, 0.25) is 5.91 Å². The van der Waals surface area contributed by atoms with E-state index in [9.17, 15) is 9.59 Å². The molecule has 0 radical (unpaired) electrons. The summed E-state index contributed by atoms with van der Waals surface area (Å²) in [5.41, 5.74) is 3.92. The number of rotatable bonds is 5. The van der Waals surface area contributed by atoms with Gasteiger partial charge in [-0.3, -0.25) is 9.69 Å². The lowest BCUT2D eigenvalue weighted by atomic mass is 9.98. The summed E-state index contributed by atoms with van der Waals surface area (Å²) in [5.74, 6) is 1.21. The highest BCUT2D eigenvalue weighted by molar-refractivity contribution is 8.01. The molecular formula is C30H29N5O4S. The van der Waals surface area contributed by atoms with Crippen LogP contribution in [-0.2, 0) is 4.79 Å². The minimum absolute atomic E-state index is 0.0581. The minimum Gasteiger partial charge on any atom is -0.460 e. The number of hydrogen-bond donors (Lipinski definition) is 2. The monoisotopic (exact) mass is 555 g/mol. The number of aromatic nitrogens is 1. The van der Waals surface area contributed by atoms with Crippen LogP contribution >= 0.6 is 11.8 Å². The van der Waals surface area contributed by atoms with Crippen molar-refractivity contribution in [3.63, 3.8) is 0 Å². The Hall–Kier alpha value is -4.02. The van der Waals surface area contributed by atoms with Gasteiger partial charge in [-0.15, -0.1) is 0 Å². The molecule has 4 aromatic rings. The number of benzene rings is 2. The third-order valence-corrected chi connectivity index (χ3v) is 9.10. The number of nitrogens with one attached hydrogen (secondary N) is 2. The van der Waals surface area contributed by atoms with Crippen molar-refractivity contribution in [1.82, 2.24) is 20.5 Å². The molecule has 3 atom stereocenters. The van der Waals surface area contributed by atoms with Crippen molar-refractivity contribution in [2.75, 3.05) is 25.0 Å². The number of ether oxygens (including phenoxy) is 1. The normalized spacial score (nSPS) is 22.2. The van der Waals surface area contributed by atoms with Gasteiger partial charge in [0.05, 0.1) is 23.7 Å². The fourth-order valence-electron chi connectivity index (χ4n) is 5.95. The van der Waals surface area contributed by atoms with Crippen LogP contribution in [0.4, 0.5) is 16.2 Å². The molecule has 9 nitrogen and oxygen atoms in total. The van der Waals surface area contributed by atoms with E-state index < -0.39 is 11.3 Å². The molecule has 2 unspecified atom stereocenters. The van der Waals surface area contributed by atoms with E-state index in [1.54, 1.807) is 17.4 Å². The lowest BCUT2D eigenvalue weighted by Crippen LogP contribution is -2.52. The second kappa shape index (κ2) is 9.87. The average molecular weight is 556 g/mol. The third kappa shape index (κ3) is 4.28. The fraction of sp³-hybridized carbons (Fsp3) is 0.300. The van der Waals surface area contributed by atoms with Crippen LogP contribution in [0.25, 0.3) is 11.0 Å². The average Bonchev–Trinajstić information content (AvgIpc) is 3.56. The van der Waals surface area contributed by atoms with E-state index in [4.69, 9.17) is 9.15 Å². The van der Waals surface area contributed by atoms with E-state index in [0.29, 0.717) is 17.1 Å². The summed E-state index contributed by atoms with van der Waals surface area (Å²) in [5, 5.41) is 7.60. The standard InChI is InChI=1S/C30H29N5O4S/c1-17-15-20(39-23-7-3-5-18-11-14-38-26(18)23)8-9-21(17)35-22-10-12-31-29-24(22)25(33-30(35)37)27(40-29)28(36)32-19-6-4-13-34(2)16-19/h3,5,7-12,14-15,19,25,27H,4,6,13,16H2,1-2H3,(H,32,36)(H,33,37)/t19?,25?,27-/m1/s1. The summed E-state index contributed by atoms with van der Waals surface area (Å²) in [4.78, 5) is 35.5. The Morgan fingerprint density at radius 2 is 2.10 bits per heavy atom. The molecule has 0 aliphatic carbocycles. The number of nitrogens with zero attached hydrogens (tertiary/aromatic N) is 3. The number of amides is 3. The van der Waals surface area contributed by atoms with Gasteiger partial charge in [0, 0.05) is 29.7 Å². The smallest absolute Gasteiger partial charge is 0.327 e. The molecule has 3 amide bonds. The Labute approximate surface area is 235 Å². The van der Waals surface area contributed by atoms with Crippen molar-refractivity contribution < 1.29 is 18.7 Å². The van der Waals surface area contributed by atoms with Crippen molar-refractivity contribution in [1.29, 1.82) is 0 Å². The SMILES string of the molecule is Cc1cc(Oc2cccc3ccoc23)ccc1N1C(=O)NC2c3c1ccnc3S[C@H]2C(=O)NC1CCCN(C)C1. The van der Waals surface area contributed by atoms with Crippen molar-refractivity contribution in [2.24, 2.45) is 0 Å². The number of likely N-dealkylation sites (N-methyl/N-ethyl adjacent to an activating group) is 1. The predicted molar refractivity (Wildman–Crippen MR) is 153 cm³/mol. The van der Waals surface area contributed by atoms with Gasteiger partial charge < -0.3 is 24.7 Å². The molecule has 0 bridgehead atoms. The highest BCUT2D eigenvalue weighted by Gasteiger charge is 2.47. The Morgan fingerprint density at radius 3 is 2.95 bits per heavy atom. The second-order valence-corrected chi connectivity index (χ2v) is 11.7. The number of likely N-dealkylation sites (tertiary alicyclic amines) is 1. The van der Waals surface area contributed by atoms with Gasteiger partial charge in [-0.05, 0) is 75.3 Å². The van der Waals surface area contributed by atoms with Crippen molar-refractivity contribution in [3.8, 4) is 11.5 Å². The Bertz CT molecular complexity index is 1640. The summed E-state index contributed by atoms with van der Waals surface area (Å²) < 4.78 is 11.8. The molecule has 3 aliphatic rings. The van der Waals surface area contributed by atoms with Gasteiger partial charge in [-0.1, -0.05) is 23.9 Å². The summed E-state index contributed by atoms with van der Waals surface area (Å²) in [6.45, 7) is 3.83. The first-order chi connectivity index (χ1) is 19.5. The minimum atomic E-state index is -0.469. The largest absolute Gasteiger partial charge is 0.460 e. The molecule has 2 aromatic carbocycles. The van der Waals surface area contributed by atoms with Crippen LogP contribution < -0.4 is 20.3 Å². The van der Waals surface area contributed by atoms with Crippen molar-refractivity contribution in [2.45, 2.75) is 42.1 Å². The first-order valence-corrected chi connectivity index (χ1v) is 14.3. The molecule has 5 heterocycles. The molecule has 0 spiro atoms. The number of carbonyl (C=O) groups is 2. The highest BCUT2D eigenvalue weighted by Crippen LogP contribution is 2.51. The summed E-state index contributed by atoms with van der Waals surface area (Å²) in [7, 11) is 2.07. The van der Waals surface area contributed by atoms with Crippen molar-refractivity contribution >= 4 is 46.0 Å². The topological polar surface area (TPSA) is 99.9 Å². The lowest BCUT2D eigenvalue weighted by molar-refractivity contribution is -0.122. The van der Waals surface area contributed by atoms with E-state index in [1.807, 2.05) is 55.5 Å². The Morgan fingerprint density at radius 1 is 1.20 bits per heavy atom. The number of fused-ring (bicyclic) bond motifs is 1. The molecule has 1 fully saturated rings. The zero-order chi connectivity index (χ0) is 27.4. The summed E-state index contributed by atoms with van der Waals surface area (Å²) in [6.07, 6.45) is 5.37. The first kappa shape index (κ1) is 25.0. The number of pyridine rings is 1. The number of hydrogen-bond acceptors (Lipinski definition) is 7. The summed E-state index contributed by atoms with van der Waals surface area (Å²) in [6, 6.07) is 14.5. The zero-order valence-electron chi connectivity index (χ0n) is 22.2. The van der Waals surface area contributed by atoms with E-state index in [0.717, 1.165) is 58.8 Å². The number of piperidine rings is 1. The van der Waals surface area contributed by atoms with E-state index in [1.165, 1.54) is 11.8 Å². The molecule has 40 heavy (non-hydrogen) atoms. The maximum atomic E-state index is 13.6. The molecule has 204 valence electrons. The van der Waals surface area contributed by atoms with Gasteiger partial charge in [0.15, 0.2) is 11.3 Å². The Balaban J connectivity index is 1.15. The molecule has 2 N–H and O–H groups in total. The van der Waals surface area contributed by atoms with Gasteiger partial charge in [0.25, 0.3) is 0 Å². The fourth-order valence-corrected chi connectivity index (χ4v) is 7.18. The number of urea groups is 1. The van der Waals surface area contributed by atoms with Gasteiger partial charge in [0.1, 0.15) is 16.0 Å². The maximum Gasteiger partial charge on any atom is 0.327 e. The van der Waals surface area contributed by atoms with Crippen LogP contribution in [-0.4, -0.2) is 53.3 Å². The first-order valence-electron chi connectivity index (χ1n) is 13.5. The van der Waals surface area contributed by atoms with E-state index in [-0.39, 0.29) is 18.0 Å². The number of para-hydroxylation sites is 1. The molecule has 0 saturated carbocycles. The van der Waals surface area contributed by atoms with Crippen LogP contribution in [0.5, 0.6) is 11.5 Å². The second-order valence-electron chi connectivity index (χ2n) is 10.6. The number of thioether (sulfide) groups is 1. The maximum absolute atomic E-state index is 13.6. The van der Waals surface area contributed by atoms with E-state index >= 15 is 0 Å². The molecule has 10 heteroatoms. The molecular weight excluding hydrogens is 526 g/mol. The van der Waals surface area contributed by atoms with Crippen LogP contribution in [0.1, 0.15) is 30.0 Å². The highest BCUT2D eigenvalue weighted by atomic mass is 32.2. The van der Waals surface area contributed by atoms with Gasteiger partial charge in [-0.25, -0.2) is 9.78 Å². The quantitative estimate of drug-likeness (QED) is 0.335. The van der Waals surface area contributed by atoms with E-state index in [2.05, 4.69) is 27.6 Å². The number of carbonyl (C=O) groups excluding carboxylic acids is 2. The van der Waals surface area contributed by atoms with Crippen LogP contribution in [0, 0.1) is 6.92 Å². The van der Waals surface area contributed by atoms with Gasteiger partial charge >= 0.3 is 6.03 Å². The van der Waals surface area contributed by atoms with Crippen LogP contribution in [0.15, 0.2) is 70.4 Å². The van der Waals surface area contributed by atoms with Gasteiger partial charge in [-0.2, -0.15) is 0 Å². The van der Waals surface area contributed by atoms with Crippen LogP contribution in [0.3, 0.4) is 0 Å². The summed E-state index contributed by atoms with van der Waals surface area (Å²) >= 11 is 1.42. The molecule has 3 aliphatic heterocycles. The Kier molecular flexibility index (Phi) is 6.16. The predicted octanol–water partition coefficient (Wildman–Crippen LogP) is 5.52. The molecule has 7 rings (SSSR count). The number of anilines is 2.